The fourth-order valence-corrected chi connectivity index (χ4v) is 2.44. The Morgan fingerprint density at radius 3 is 2.87 bits per heavy atom. The molecule has 0 aliphatic rings. The number of fused-ring (bicyclic) bond motifs is 1. The molecule has 0 saturated heterocycles. The molecule has 3 aromatic heterocycles. The predicted molar refractivity (Wildman–Crippen MR) is 81.4 cm³/mol. The molecule has 0 spiro atoms. The van der Waals surface area contributed by atoms with E-state index in [1.165, 1.54) is 10.8 Å². The third-order valence-corrected chi connectivity index (χ3v) is 3.52. The second kappa shape index (κ2) is 6.11. The maximum atomic E-state index is 12.6. The maximum Gasteiger partial charge on any atom is 0.253 e. The molecule has 9 heteroatoms. The number of pyridine rings is 1. The first-order valence-electron chi connectivity index (χ1n) is 7.37. The van der Waals surface area contributed by atoms with E-state index >= 15 is 0 Å². The topological polar surface area (TPSA) is 103 Å². The highest BCUT2D eigenvalue weighted by Gasteiger charge is 2.21. The van der Waals surface area contributed by atoms with Crippen LogP contribution < -0.4 is 5.32 Å². The lowest BCUT2D eigenvalue weighted by molar-refractivity contribution is 0.0928. The molecule has 0 saturated carbocycles. The first-order valence-corrected chi connectivity index (χ1v) is 7.37. The van der Waals surface area contributed by atoms with E-state index < -0.39 is 0 Å². The number of amides is 1. The normalized spacial score (nSPS) is 12.7. The van der Waals surface area contributed by atoms with Crippen molar-refractivity contribution in [2.45, 2.75) is 26.3 Å². The van der Waals surface area contributed by atoms with Crippen molar-refractivity contribution in [1.29, 1.82) is 0 Å². The zero-order valence-electron chi connectivity index (χ0n) is 13.2. The van der Waals surface area contributed by atoms with Crippen molar-refractivity contribution in [3.63, 3.8) is 0 Å². The smallest absolute Gasteiger partial charge is 0.253 e. The van der Waals surface area contributed by atoms with Gasteiger partial charge in [0.2, 0.25) is 0 Å². The minimum Gasteiger partial charge on any atom is -0.342 e. The Kier molecular flexibility index (Phi) is 4.00. The zero-order chi connectivity index (χ0) is 16.4. The summed E-state index contributed by atoms with van der Waals surface area (Å²) in [4.78, 5) is 16.8. The largest absolute Gasteiger partial charge is 0.342 e. The Labute approximate surface area is 132 Å². The van der Waals surface area contributed by atoms with E-state index in [4.69, 9.17) is 0 Å². The molecular weight excluding hydrogens is 296 g/mol. The summed E-state index contributed by atoms with van der Waals surface area (Å²) in [6.07, 6.45) is 3.86. The standard InChI is InChI=1S/C14H18N8O/c1-9(2)6-11(13-15-8-16-21(13)3)17-14(23)10-4-5-12-18-19-20-22(12)7-10/h4-5,7-9,11H,6H2,1-3H3,(H,17,23)/t11-/m1/s1. The van der Waals surface area contributed by atoms with E-state index in [-0.39, 0.29) is 11.9 Å². The molecule has 9 nitrogen and oxygen atoms in total. The fourth-order valence-electron chi connectivity index (χ4n) is 2.44. The number of nitrogens with zero attached hydrogens (tertiary/aromatic N) is 7. The highest BCUT2D eigenvalue weighted by molar-refractivity contribution is 5.94. The second-order valence-corrected chi connectivity index (χ2v) is 5.80. The van der Waals surface area contributed by atoms with Gasteiger partial charge in [0.05, 0.1) is 11.6 Å². The summed E-state index contributed by atoms with van der Waals surface area (Å²) < 4.78 is 3.15. The highest BCUT2D eigenvalue weighted by atomic mass is 16.1. The molecule has 1 amide bonds. The molecule has 0 aliphatic carbocycles. The third-order valence-electron chi connectivity index (χ3n) is 3.52. The van der Waals surface area contributed by atoms with E-state index in [2.05, 4.69) is 44.8 Å². The molecule has 120 valence electrons. The Morgan fingerprint density at radius 2 is 2.17 bits per heavy atom. The van der Waals surface area contributed by atoms with Crippen LogP contribution in [0, 0.1) is 5.92 Å². The van der Waals surface area contributed by atoms with Crippen molar-refractivity contribution in [3.05, 3.63) is 36.0 Å². The number of rotatable bonds is 5. The van der Waals surface area contributed by atoms with E-state index in [0.717, 1.165) is 12.2 Å². The lowest BCUT2D eigenvalue weighted by atomic mass is 10.0. The number of carbonyl (C=O) groups is 1. The average Bonchev–Trinajstić information content (AvgIpc) is 3.13. The Morgan fingerprint density at radius 1 is 1.35 bits per heavy atom. The zero-order valence-corrected chi connectivity index (χ0v) is 13.2. The number of nitrogens with one attached hydrogen (secondary N) is 1. The molecular formula is C14H18N8O. The quantitative estimate of drug-likeness (QED) is 0.746. The van der Waals surface area contributed by atoms with Gasteiger partial charge in [-0.1, -0.05) is 13.8 Å². The summed E-state index contributed by atoms with van der Waals surface area (Å²) in [6, 6.07) is 3.19. The fraction of sp³-hybridized carbons (Fsp3) is 0.429. The molecule has 0 fully saturated rings. The van der Waals surface area contributed by atoms with Crippen molar-refractivity contribution in [2.75, 3.05) is 0 Å². The van der Waals surface area contributed by atoms with Crippen molar-refractivity contribution in [1.82, 2.24) is 40.1 Å². The lowest BCUT2D eigenvalue weighted by Crippen LogP contribution is -2.31. The minimum atomic E-state index is -0.209. The van der Waals surface area contributed by atoms with Gasteiger partial charge in [0.1, 0.15) is 12.2 Å². The number of carbonyl (C=O) groups excluding carboxylic acids is 1. The van der Waals surface area contributed by atoms with Crippen molar-refractivity contribution in [3.8, 4) is 0 Å². The van der Waals surface area contributed by atoms with Crippen LogP contribution in [0.4, 0.5) is 0 Å². The monoisotopic (exact) mass is 314 g/mol. The van der Waals surface area contributed by atoms with E-state index in [0.29, 0.717) is 17.1 Å². The van der Waals surface area contributed by atoms with Crippen LogP contribution >= 0.6 is 0 Å². The van der Waals surface area contributed by atoms with E-state index in [1.54, 1.807) is 23.0 Å². The van der Waals surface area contributed by atoms with Crippen LogP contribution in [-0.4, -0.2) is 40.7 Å². The van der Waals surface area contributed by atoms with Crippen LogP contribution in [-0.2, 0) is 7.05 Å². The summed E-state index contributed by atoms with van der Waals surface area (Å²) in [5, 5.41) is 18.3. The van der Waals surface area contributed by atoms with Crippen molar-refractivity contribution >= 4 is 11.6 Å². The van der Waals surface area contributed by atoms with Gasteiger partial charge in [-0.05, 0) is 34.9 Å². The average molecular weight is 314 g/mol. The number of aromatic nitrogens is 7. The van der Waals surface area contributed by atoms with Crippen LogP contribution in [0.15, 0.2) is 24.7 Å². The van der Waals surface area contributed by atoms with Gasteiger partial charge in [0.15, 0.2) is 5.65 Å². The molecule has 0 aromatic carbocycles. The number of hydrogen-bond donors (Lipinski definition) is 1. The van der Waals surface area contributed by atoms with E-state index in [1.807, 2.05) is 7.05 Å². The molecule has 23 heavy (non-hydrogen) atoms. The molecule has 0 aliphatic heterocycles. The summed E-state index contributed by atoms with van der Waals surface area (Å²) in [5.74, 6) is 0.936. The summed E-state index contributed by atoms with van der Waals surface area (Å²) in [7, 11) is 1.81. The van der Waals surface area contributed by atoms with Gasteiger partial charge in [-0.3, -0.25) is 9.48 Å². The second-order valence-electron chi connectivity index (χ2n) is 5.80. The van der Waals surface area contributed by atoms with Gasteiger partial charge >= 0.3 is 0 Å². The molecule has 3 heterocycles. The first kappa shape index (κ1) is 15.1. The van der Waals surface area contributed by atoms with Crippen LogP contribution in [0.25, 0.3) is 5.65 Å². The van der Waals surface area contributed by atoms with Gasteiger partial charge < -0.3 is 5.32 Å². The number of aryl methyl sites for hydroxylation is 1. The summed E-state index contributed by atoms with van der Waals surface area (Å²) >= 11 is 0. The van der Waals surface area contributed by atoms with Crippen molar-refractivity contribution in [2.24, 2.45) is 13.0 Å². The highest BCUT2D eigenvalue weighted by Crippen LogP contribution is 2.19. The van der Waals surface area contributed by atoms with Gasteiger partial charge in [0, 0.05) is 13.2 Å². The SMILES string of the molecule is CC(C)C[C@@H](NC(=O)c1ccc2nnnn2c1)c1ncnn1C. The molecule has 3 aromatic rings. The summed E-state index contributed by atoms with van der Waals surface area (Å²) in [6.45, 7) is 4.20. The van der Waals surface area contributed by atoms with Crippen LogP contribution in [0.2, 0.25) is 0 Å². The summed E-state index contributed by atoms with van der Waals surface area (Å²) in [5.41, 5.74) is 1.08. The Hall–Kier alpha value is -2.84. The van der Waals surface area contributed by atoms with Crippen LogP contribution in [0.1, 0.15) is 42.5 Å². The van der Waals surface area contributed by atoms with Crippen molar-refractivity contribution < 1.29 is 4.79 Å². The molecule has 3 rings (SSSR count). The number of hydrogen-bond acceptors (Lipinski definition) is 6. The Balaban J connectivity index is 1.83. The van der Waals surface area contributed by atoms with Gasteiger partial charge in [-0.15, -0.1) is 5.10 Å². The molecule has 1 atom stereocenters. The molecule has 0 unspecified atom stereocenters. The number of tetrazole rings is 1. The van der Waals surface area contributed by atoms with Gasteiger partial charge in [-0.25, -0.2) is 4.98 Å². The molecule has 0 radical (unpaired) electrons. The molecule has 1 N–H and O–H groups in total. The molecule has 0 bridgehead atoms. The van der Waals surface area contributed by atoms with Gasteiger partial charge in [-0.2, -0.15) is 9.61 Å². The van der Waals surface area contributed by atoms with Crippen LogP contribution in [0.3, 0.4) is 0 Å². The van der Waals surface area contributed by atoms with E-state index in [9.17, 15) is 4.79 Å². The predicted octanol–water partition coefficient (Wildman–Crippen LogP) is 0.770. The maximum absolute atomic E-state index is 12.6. The first-order chi connectivity index (χ1) is 11.0. The third kappa shape index (κ3) is 3.17. The lowest BCUT2D eigenvalue weighted by Gasteiger charge is -2.19. The van der Waals surface area contributed by atoms with Crippen LogP contribution in [0.5, 0.6) is 0 Å². The Bertz CT molecular complexity index is 821. The van der Waals surface area contributed by atoms with Gasteiger partial charge in [0.25, 0.3) is 5.91 Å². The minimum absolute atomic E-state index is 0.198.